The van der Waals surface area contributed by atoms with Crippen LogP contribution < -0.4 is 10.1 Å². The highest BCUT2D eigenvalue weighted by atomic mass is 79.9. The Morgan fingerprint density at radius 2 is 2.28 bits per heavy atom. The van der Waals surface area contributed by atoms with E-state index in [9.17, 15) is 4.79 Å². The third kappa shape index (κ3) is 2.67. The van der Waals surface area contributed by atoms with E-state index in [0.29, 0.717) is 5.56 Å². The second kappa shape index (κ2) is 5.18. The molecule has 18 heavy (non-hydrogen) atoms. The summed E-state index contributed by atoms with van der Waals surface area (Å²) in [6.45, 7) is 1.95. The van der Waals surface area contributed by atoms with Crippen LogP contribution >= 0.6 is 15.9 Å². The number of ether oxygens (including phenoxy) is 1. The van der Waals surface area contributed by atoms with Gasteiger partial charge in [0.25, 0.3) is 5.91 Å². The average Bonchev–Trinajstić information content (AvgIpc) is 2.76. The number of carbonyl (C=O) groups is 1. The second-order valence-corrected chi connectivity index (χ2v) is 4.46. The zero-order valence-electron chi connectivity index (χ0n) is 9.82. The maximum atomic E-state index is 12.0. The number of anilines is 1. The Morgan fingerprint density at radius 3 is 2.89 bits per heavy atom. The van der Waals surface area contributed by atoms with E-state index >= 15 is 0 Å². The third-order valence-electron chi connectivity index (χ3n) is 2.25. The lowest BCUT2D eigenvalue weighted by molar-refractivity contribution is 0.102. The van der Waals surface area contributed by atoms with Gasteiger partial charge in [0.2, 0.25) is 5.95 Å². The fourth-order valence-electron chi connectivity index (χ4n) is 1.37. The molecule has 7 heteroatoms. The van der Waals surface area contributed by atoms with Crippen LogP contribution in [0.15, 0.2) is 22.7 Å². The number of nitrogens with one attached hydrogen (secondary N) is 2. The maximum Gasteiger partial charge on any atom is 0.336 e. The molecule has 2 aromatic rings. The summed E-state index contributed by atoms with van der Waals surface area (Å²) in [6.07, 6.45) is 0. The highest BCUT2D eigenvalue weighted by Crippen LogP contribution is 2.19. The van der Waals surface area contributed by atoms with Gasteiger partial charge in [0.15, 0.2) is 0 Å². The van der Waals surface area contributed by atoms with E-state index in [1.807, 2.05) is 19.1 Å². The molecule has 0 spiro atoms. The summed E-state index contributed by atoms with van der Waals surface area (Å²) in [7, 11) is 1.45. The van der Waals surface area contributed by atoms with E-state index in [1.165, 1.54) is 7.11 Å². The summed E-state index contributed by atoms with van der Waals surface area (Å²) < 4.78 is 5.54. The molecule has 6 nitrogen and oxygen atoms in total. The van der Waals surface area contributed by atoms with Gasteiger partial charge in [-0.05, 0) is 40.5 Å². The Morgan fingerprint density at radius 1 is 1.50 bits per heavy atom. The molecular formula is C11H11BrN4O2. The van der Waals surface area contributed by atoms with E-state index < -0.39 is 0 Å². The zero-order chi connectivity index (χ0) is 13.1. The van der Waals surface area contributed by atoms with Gasteiger partial charge in [0, 0.05) is 4.47 Å². The number of aryl methyl sites for hydroxylation is 1. The second-order valence-electron chi connectivity index (χ2n) is 3.61. The molecule has 0 radical (unpaired) electrons. The first-order valence-electron chi connectivity index (χ1n) is 5.14. The van der Waals surface area contributed by atoms with E-state index in [-0.39, 0.29) is 17.9 Å². The number of aromatic amines is 1. The van der Waals surface area contributed by atoms with Crippen molar-refractivity contribution in [2.24, 2.45) is 0 Å². The van der Waals surface area contributed by atoms with E-state index in [4.69, 9.17) is 4.74 Å². The van der Waals surface area contributed by atoms with Gasteiger partial charge >= 0.3 is 6.01 Å². The first-order chi connectivity index (χ1) is 8.60. The summed E-state index contributed by atoms with van der Waals surface area (Å²) in [6, 6.07) is 5.65. The molecule has 0 aliphatic heterocycles. The molecule has 1 heterocycles. The van der Waals surface area contributed by atoms with Crippen LogP contribution in [0.4, 0.5) is 5.95 Å². The van der Waals surface area contributed by atoms with Gasteiger partial charge in [-0.3, -0.25) is 10.1 Å². The largest absolute Gasteiger partial charge is 0.466 e. The molecule has 0 unspecified atom stereocenters. The van der Waals surface area contributed by atoms with Crippen molar-refractivity contribution in [2.75, 3.05) is 12.4 Å². The number of amides is 1. The van der Waals surface area contributed by atoms with Crippen LogP contribution in [-0.2, 0) is 0 Å². The molecule has 0 saturated carbocycles. The monoisotopic (exact) mass is 310 g/mol. The van der Waals surface area contributed by atoms with Gasteiger partial charge < -0.3 is 4.74 Å². The molecule has 0 bridgehead atoms. The number of benzene rings is 1. The quantitative estimate of drug-likeness (QED) is 0.910. The number of halogens is 1. The number of carbonyl (C=O) groups excluding carboxylic acids is 1. The van der Waals surface area contributed by atoms with Crippen LogP contribution in [0.2, 0.25) is 0 Å². The van der Waals surface area contributed by atoms with Crippen molar-refractivity contribution in [1.29, 1.82) is 0 Å². The van der Waals surface area contributed by atoms with Gasteiger partial charge in [-0.2, -0.15) is 4.98 Å². The van der Waals surface area contributed by atoms with Crippen LogP contribution in [0.5, 0.6) is 6.01 Å². The summed E-state index contributed by atoms with van der Waals surface area (Å²) in [5.74, 6) is -0.0370. The lowest BCUT2D eigenvalue weighted by atomic mass is 10.1. The zero-order valence-corrected chi connectivity index (χ0v) is 11.4. The van der Waals surface area contributed by atoms with Gasteiger partial charge in [-0.25, -0.2) is 5.10 Å². The van der Waals surface area contributed by atoms with Crippen molar-refractivity contribution in [1.82, 2.24) is 15.2 Å². The Balaban J connectivity index is 2.16. The van der Waals surface area contributed by atoms with Gasteiger partial charge in [-0.1, -0.05) is 6.07 Å². The highest BCUT2D eigenvalue weighted by molar-refractivity contribution is 9.10. The fraction of sp³-hybridized carbons (Fsp3) is 0.182. The molecule has 0 aliphatic rings. The molecule has 0 atom stereocenters. The number of rotatable bonds is 3. The first-order valence-corrected chi connectivity index (χ1v) is 5.93. The minimum absolute atomic E-state index is 0.174. The van der Waals surface area contributed by atoms with Crippen LogP contribution in [0.1, 0.15) is 15.9 Å². The Kier molecular flexibility index (Phi) is 3.61. The lowest BCUT2D eigenvalue weighted by Gasteiger charge is -2.04. The van der Waals surface area contributed by atoms with Crippen LogP contribution in [0, 0.1) is 6.92 Å². The topological polar surface area (TPSA) is 79.9 Å². The summed E-state index contributed by atoms with van der Waals surface area (Å²) in [4.78, 5) is 15.9. The summed E-state index contributed by atoms with van der Waals surface area (Å²) in [5.41, 5.74) is 1.59. The number of methoxy groups -OCH3 is 1. The van der Waals surface area contributed by atoms with Crippen molar-refractivity contribution in [3.8, 4) is 6.01 Å². The van der Waals surface area contributed by atoms with Crippen molar-refractivity contribution < 1.29 is 9.53 Å². The Hall–Kier alpha value is -1.89. The van der Waals surface area contributed by atoms with Crippen molar-refractivity contribution in [2.45, 2.75) is 6.92 Å². The first kappa shape index (κ1) is 12.6. The Bertz CT molecular complexity index is 582. The van der Waals surface area contributed by atoms with Crippen LogP contribution in [0.3, 0.4) is 0 Å². The standard InChI is InChI=1S/C11H11BrN4O2/c1-6-3-4-7(8(12)5-6)9(17)13-10-14-11(18-2)16-15-10/h3-5H,1-2H3,(H2,13,14,15,16,17). The predicted octanol–water partition coefficient (Wildman–Crippen LogP) is 2.14. The number of nitrogens with zero attached hydrogens (tertiary/aromatic N) is 2. The molecule has 2 N–H and O–H groups in total. The Labute approximate surface area is 112 Å². The maximum absolute atomic E-state index is 12.0. The van der Waals surface area contributed by atoms with Gasteiger partial charge in [0.1, 0.15) is 0 Å². The lowest BCUT2D eigenvalue weighted by Crippen LogP contribution is -2.13. The summed E-state index contributed by atoms with van der Waals surface area (Å²) in [5, 5.41) is 8.88. The smallest absolute Gasteiger partial charge is 0.336 e. The summed E-state index contributed by atoms with van der Waals surface area (Å²) >= 11 is 3.35. The molecule has 94 valence electrons. The average molecular weight is 311 g/mol. The van der Waals surface area contributed by atoms with Crippen LogP contribution in [0.25, 0.3) is 0 Å². The minimum Gasteiger partial charge on any atom is -0.466 e. The van der Waals surface area contributed by atoms with Crippen molar-refractivity contribution in [3.05, 3.63) is 33.8 Å². The van der Waals surface area contributed by atoms with Gasteiger partial charge in [0.05, 0.1) is 12.7 Å². The van der Waals surface area contributed by atoms with Crippen molar-refractivity contribution in [3.63, 3.8) is 0 Å². The SMILES string of the molecule is COc1n[nH]c(NC(=O)c2ccc(C)cc2Br)n1. The number of H-pyrrole nitrogens is 1. The minimum atomic E-state index is -0.277. The highest BCUT2D eigenvalue weighted by Gasteiger charge is 2.12. The molecular weight excluding hydrogens is 300 g/mol. The molecule has 1 aromatic carbocycles. The molecule has 1 amide bonds. The molecule has 0 fully saturated rings. The van der Waals surface area contributed by atoms with E-state index in [0.717, 1.165) is 10.0 Å². The molecule has 2 rings (SSSR count). The molecule has 0 saturated heterocycles. The van der Waals surface area contributed by atoms with Gasteiger partial charge in [-0.15, -0.1) is 5.10 Å². The third-order valence-corrected chi connectivity index (χ3v) is 2.90. The number of hydrogen-bond donors (Lipinski definition) is 2. The fourth-order valence-corrected chi connectivity index (χ4v) is 2.05. The normalized spacial score (nSPS) is 10.2. The number of aromatic nitrogens is 3. The number of hydrogen-bond acceptors (Lipinski definition) is 4. The van der Waals surface area contributed by atoms with E-state index in [2.05, 4.69) is 36.4 Å². The molecule has 0 aliphatic carbocycles. The van der Waals surface area contributed by atoms with Crippen molar-refractivity contribution >= 4 is 27.8 Å². The van der Waals surface area contributed by atoms with E-state index in [1.54, 1.807) is 6.07 Å². The van der Waals surface area contributed by atoms with Crippen LogP contribution in [-0.4, -0.2) is 28.2 Å². The predicted molar refractivity (Wildman–Crippen MR) is 69.8 cm³/mol. The molecule has 1 aromatic heterocycles.